The van der Waals surface area contributed by atoms with Gasteiger partial charge in [0, 0.05) is 0 Å². The zero-order chi connectivity index (χ0) is 20.4. The Morgan fingerprint density at radius 3 is 0.560 bits per heavy atom. The first kappa shape index (κ1) is 32.6. The van der Waals surface area contributed by atoms with Crippen molar-refractivity contribution in [3.05, 3.63) is 0 Å². The van der Waals surface area contributed by atoms with Gasteiger partial charge in [-0.15, -0.1) is 39.5 Å². The molecule has 150 valence electrons. The van der Waals surface area contributed by atoms with Crippen LogP contribution >= 0.6 is 0 Å². The Kier molecular flexibility index (Phi) is 18.4. The largest absolute Gasteiger partial charge is 3.00 e. The van der Waals surface area contributed by atoms with Gasteiger partial charge in [-0.2, -0.15) is 0 Å². The summed E-state index contributed by atoms with van der Waals surface area (Å²) in [6.07, 6.45) is -15.3. The molecule has 0 saturated heterocycles. The Labute approximate surface area is 155 Å². The molecule has 0 aliphatic heterocycles. The van der Waals surface area contributed by atoms with Crippen LogP contribution in [0.2, 0.25) is 0 Å². The summed E-state index contributed by atoms with van der Waals surface area (Å²) in [4.78, 5) is 0. The molecule has 0 rings (SSSR count). The van der Waals surface area contributed by atoms with Crippen LogP contribution in [-0.4, -0.2) is 19.1 Å². The van der Waals surface area contributed by atoms with Crippen LogP contribution in [0, 0.1) is 0 Å². The van der Waals surface area contributed by atoms with Crippen LogP contribution < -0.4 is 0 Å². The average Bonchev–Trinajstić information content (AvgIpc) is 2.04. The Balaban J connectivity index is -0.000000130. The Bertz CT molecular complexity index is 465. The minimum absolute atomic E-state index is 0. The van der Waals surface area contributed by atoms with Crippen LogP contribution in [0.4, 0.5) is 39.5 Å². The molecular formula is C3F9O9S3Sc. The maximum absolute atomic E-state index is 10.7. The Hall–Kier alpha value is -0.0299. The van der Waals surface area contributed by atoms with Gasteiger partial charge in [0.2, 0.25) is 0 Å². The van der Waals surface area contributed by atoms with Gasteiger partial charge < -0.3 is 37.8 Å². The molecule has 0 spiro atoms. The van der Waals surface area contributed by atoms with Crippen molar-refractivity contribution in [2.75, 3.05) is 0 Å². The molecule has 25 heavy (non-hydrogen) atoms. The second-order valence-corrected chi connectivity index (χ2v) is 3.92. The van der Waals surface area contributed by atoms with Crippen LogP contribution in [0.5, 0.6) is 0 Å². The number of hydrogen-bond donors (Lipinski definition) is 0. The third-order valence-corrected chi connectivity index (χ3v) is 1.46. The van der Waals surface area contributed by atoms with Crippen molar-refractivity contribution in [2.24, 2.45) is 0 Å². The number of alkyl halides is 9. The van der Waals surface area contributed by atoms with Crippen LogP contribution in [0.15, 0.2) is 0 Å². The van der Waals surface area contributed by atoms with Crippen molar-refractivity contribution >= 4 is 33.0 Å². The second-order valence-electron chi connectivity index (χ2n) is 2.20. The van der Waals surface area contributed by atoms with Crippen molar-refractivity contribution in [3.8, 4) is 0 Å². The number of halogens is 9. The zero-order valence-corrected chi connectivity index (χ0v) is 14.6. The SMILES string of the molecule is O=[S-](=O)OC(F)(F)F.O=[S-](=O)OC(F)(F)F.O=[S-](=O)OC(F)(F)F.[Sc+3]. The predicted octanol–water partition coefficient (Wildman–Crippen LogP) is 2.24. The molecule has 0 heterocycles. The van der Waals surface area contributed by atoms with Crippen LogP contribution in [0.25, 0.3) is 0 Å². The van der Waals surface area contributed by atoms with E-state index in [4.69, 9.17) is 25.3 Å². The summed E-state index contributed by atoms with van der Waals surface area (Å²) in [7, 11) is -10.5. The van der Waals surface area contributed by atoms with Gasteiger partial charge in [-0.3, -0.25) is 0 Å². The Morgan fingerprint density at radius 2 is 0.560 bits per heavy atom. The van der Waals surface area contributed by atoms with E-state index < -0.39 is 52.0 Å². The fraction of sp³-hybridized carbons (Fsp3) is 1.00. The maximum atomic E-state index is 10.7. The van der Waals surface area contributed by atoms with Crippen molar-refractivity contribution in [2.45, 2.75) is 19.1 Å². The molecule has 0 saturated carbocycles. The molecule has 0 unspecified atom stereocenters. The normalized spacial score (nSPS) is 12.0. The minimum atomic E-state index is -5.09. The van der Waals surface area contributed by atoms with E-state index >= 15 is 0 Å². The van der Waals surface area contributed by atoms with E-state index in [1.165, 1.54) is 0 Å². The summed E-state index contributed by atoms with van der Waals surface area (Å²) < 4.78 is 158. The second kappa shape index (κ2) is 14.1. The molecule has 0 radical (unpaired) electrons. The summed E-state index contributed by atoms with van der Waals surface area (Å²) >= 11 is 0. The first-order valence-electron chi connectivity index (χ1n) is 3.81. The topological polar surface area (TPSA) is 130 Å². The summed E-state index contributed by atoms with van der Waals surface area (Å²) in [5, 5.41) is 0. The van der Waals surface area contributed by atoms with E-state index in [1.54, 1.807) is 0 Å². The van der Waals surface area contributed by atoms with Gasteiger partial charge in [-0.1, -0.05) is 0 Å². The van der Waals surface area contributed by atoms with Gasteiger partial charge in [-0.05, 0) is 0 Å². The Morgan fingerprint density at radius 1 is 0.440 bits per heavy atom. The third-order valence-electron chi connectivity index (χ3n) is 0.488. The number of hydrogen-bond acceptors (Lipinski definition) is 12. The summed E-state index contributed by atoms with van der Waals surface area (Å²) in [6, 6.07) is 0. The molecule has 0 aliphatic carbocycles. The minimum Gasteiger partial charge on any atom is -0.397 e. The standard InChI is InChI=1S/3CF3O3S.Sc/c3*2-1(3,4)7-8(5)6;/q3*-1;+3. The molecule has 0 N–H and O–H groups in total. The maximum Gasteiger partial charge on any atom is 3.00 e. The summed E-state index contributed by atoms with van der Waals surface area (Å²) in [5.41, 5.74) is 0. The van der Waals surface area contributed by atoms with Crippen molar-refractivity contribution in [1.29, 1.82) is 0 Å². The molecule has 0 aliphatic rings. The molecule has 22 heteroatoms. The quantitative estimate of drug-likeness (QED) is 0.430. The van der Waals surface area contributed by atoms with Crippen LogP contribution in [0.1, 0.15) is 0 Å². The molecule has 0 bridgehead atoms. The molecular weight excluding hydrogens is 492 g/mol. The van der Waals surface area contributed by atoms with E-state index in [2.05, 4.69) is 12.5 Å². The van der Waals surface area contributed by atoms with Crippen LogP contribution in [-0.2, 0) is 96.6 Å². The molecule has 0 atom stereocenters. The van der Waals surface area contributed by atoms with Gasteiger partial charge in [0.1, 0.15) is 0 Å². The van der Waals surface area contributed by atoms with Crippen molar-refractivity contribution < 1.29 is 103 Å². The van der Waals surface area contributed by atoms with E-state index in [0.717, 1.165) is 0 Å². The summed E-state index contributed by atoms with van der Waals surface area (Å²) in [6.45, 7) is 0. The fourth-order valence-corrected chi connectivity index (χ4v) is 0.694. The van der Waals surface area contributed by atoms with Gasteiger partial charge >= 0.3 is 44.9 Å². The molecule has 9 nitrogen and oxygen atoms in total. The zero-order valence-electron chi connectivity index (χ0n) is 10.4. The first-order valence-corrected chi connectivity index (χ1v) is 6.81. The van der Waals surface area contributed by atoms with Crippen molar-refractivity contribution in [3.63, 3.8) is 0 Å². The first-order chi connectivity index (χ1) is 10.2. The molecule has 0 fully saturated rings. The van der Waals surface area contributed by atoms with Crippen LogP contribution in [0.3, 0.4) is 0 Å². The van der Waals surface area contributed by atoms with E-state index in [0.29, 0.717) is 0 Å². The van der Waals surface area contributed by atoms with Crippen molar-refractivity contribution in [1.82, 2.24) is 0 Å². The van der Waals surface area contributed by atoms with E-state index in [-0.39, 0.29) is 25.8 Å². The molecule has 0 aromatic carbocycles. The van der Waals surface area contributed by atoms with E-state index in [9.17, 15) is 39.5 Å². The third kappa shape index (κ3) is 51.6. The van der Waals surface area contributed by atoms with E-state index in [1.807, 2.05) is 0 Å². The van der Waals surface area contributed by atoms with Gasteiger partial charge in [0.05, 0.1) is 33.0 Å². The molecule has 0 amide bonds. The predicted molar refractivity (Wildman–Crippen MR) is 47.6 cm³/mol. The fourth-order valence-electron chi connectivity index (χ4n) is 0.231. The molecule has 0 aromatic rings. The monoisotopic (exact) mass is 492 g/mol. The smallest absolute Gasteiger partial charge is 0.397 e. The van der Waals surface area contributed by atoms with Gasteiger partial charge in [0.15, 0.2) is 0 Å². The molecule has 0 aromatic heterocycles. The summed E-state index contributed by atoms with van der Waals surface area (Å²) in [5.74, 6) is 0. The van der Waals surface area contributed by atoms with Gasteiger partial charge in [0.25, 0.3) is 0 Å². The number of rotatable bonds is 3. The average molecular weight is 492 g/mol. The van der Waals surface area contributed by atoms with Gasteiger partial charge in [-0.25, -0.2) is 0 Å².